The van der Waals surface area contributed by atoms with Gasteiger partial charge in [0.05, 0.1) is 17.7 Å². The quantitative estimate of drug-likeness (QED) is 0.398. The van der Waals surface area contributed by atoms with Gasteiger partial charge in [0, 0.05) is 12.5 Å². The van der Waals surface area contributed by atoms with Crippen molar-refractivity contribution in [3.63, 3.8) is 0 Å². The SMILES string of the molecule is CCCC(NC(=O)C1C2CCC(C)(C)OC2CN1C(=O)C(NC(=O)OC(C)(C)C)C(C)(C)C)C(=O)C(=O)O. The first-order chi connectivity index (χ1) is 17.3. The number of carboxylic acids is 1. The van der Waals surface area contributed by atoms with Gasteiger partial charge in [-0.3, -0.25) is 14.4 Å². The number of hydrogen-bond acceptors (Lipinski definition) is 7. The molecule has 0 aliphatic carbocycles. The lowest BCUT2D eigenvalue weighted by Crippen LogP contribution is -2.60. The number of amides is 3. The molecule has 3 amide bonds. The average Bonchev–Trinajstić information content (AvgIpc) is 3.11. The second-order valence-corrected chi connectivity index (χ2v) is 13.0. The number of alkyl carbamates (subject to hydrolysis) is 1. The number of ether oxygens (including phenoxy) is 2. The Morgan fingerprint density at radius 2 is 1.68 bits per heavy atom. The molecule has 2 saturated heterocycles. The summed E-state index contributed by atoms with van der Waals surface area (Å²) in [4.78, 5) is 65.3. The summed E-state index contributed by atoms with van der Waals surface area (Å²) < 4.78 is 11.6. The Kier molecular flexibility index (Phi) is 9.62. The number of carbonyl (C=O) groups excluding carboxylic acids is 4. The zero-order valence-corrected chi connectivity index (χ0v) is 24.2. The summed E-state index contributed by atoms with van der Waals surface area (Å²) >= 11 is 0. The van der Waals surface area contributed by atoms with Gasteiger partial charge in [0.25, 0.3) is 5.78 Å². The van der Waals surface area contributed by atoms with Crippen LogP contribution in [0.15, 0.2) is 0 Å². The molecule has 11 nitrogen and oxygen atoms in total. The van der Waals surface area contributed by atoms with E-state index in [1.165, 1.54) is 4.90 Å². The Bertz CT molecular complexity index is 934. The predicted molar refractivity (Wildman–Crippen MR) is 139 cm³/mol. The van der Waals surface area contributed by atoms with Gasteiger partial charge in [0.15, 0.2) is 0 Å². The van der Waals surface area contributed by atoms with E-state index in [-0.39, 0.29) is 18.9 Å². The van der Waals surface area contributed by atoms with Crippen LogP contribution in [0.25, 0.3) is 0 Å². The number of carbonyl (C=O) groups is 5. The Morgan fingerprint density at radius 3 is 2.18 bits per heavy atom. The smallest absolute Gasteiger partial charge is 0.408 e. The van der Waals surface area contributed by atoms with Gasteiger partial charge in [-0.25, -0.2) is 9.59 Å². The number of fused-ring (bicyclic) bond motifs is 1. The van der Waals surface area contributed by atoms with Gasteiger partial charge in [-0.15, -0.1) is 0 Å². The molecule has 0 spiro atoms. The highest BCUT2D eigenvalue weighted by molar-refractivity contribution is 6.35. The van der Waals surface area contributed by atoms with Crippen LogP contribution in [-0.2, 0) is 28.7 Å². The first-order valence-corrected chi connectivity index (χ1v) is 13.3. The van der Waals surface area contributed by atoms with E-state index in [4.69, 9.17) is 9.47 Å². The highest BCUT2D eigenvalue weighted by Gasteiger charge is 2.54. The summed E-state index contributed by atoms with van der Waals surface area (Å²) in [6.07, 6.45) is 0.707. The number of nitrogens with one attached hydrogen (secondary N) is 2. The Balaban J connectivity index is 2.42. The number of Topliss-reactive ketones (excluding diaryl/α,β-unsaturated/α-hetero) is 1. The number of carboxylic acid groups (broad SMARTS) is 1. The standard InChI is InChI=1S/C27H45N3O8/c1-10-11-16(19(31)23(34)35)28-21(32)18-15-12-13-27(8,9)37-17(15)14-30(18)22(33)20(25(2,3)4)29-24(36)38-26(5,6)7/h15-18,20H,10-14H2,1-9H3,(H,28,32)(H,29,36)(H,34,35). The largest absolute Gasteiger partial charge is 0.475 e. The van der Waals surface area contributed by atoms with Gasteiger partial charge in [0.1, 0.15) is 17.7 Å². The summed E-state index contributed by atoms with van der Waals surface area (Å²) in [6, 6.07) is -3.22. The van der Waals surface area contributed by atoms with Crippen molar-refractivity contribution in [1.29, 1.82) is 0 Å². The summed E-state index contributed by atoms with van der Waals surface area (Å²) in [7, 11) is 0. The zero-order valence-electron chi connectivity index (χ0n) is 24.2. The molecular weight excluding hydrogens is 494 g/mol. The van der Waals surface area contributed by atoms with Crippen molar-refractivity contribution in [3.05, 3.63) is 0 Å². The van der Waals surface area contributed by atoms with Gasteiger partial charge < -0.3 is 30.1 Å². The van der Waals surface area contributed by atoms with Crippen LogP contribution in [0.1, 0.15) is 88.0 Å². The minimum Gasteiger partial charge on any atom is -0.475 e. The maximum absolute atomic E-state index is 14.0. The fourth-order valence-corrected chi connectivity index (χ4v) is 5.10. The summed E-state index contributed by atoms with van der Waals surface area (Å²) in [6.45, 7) is 16.4. The number of ketones is 1. The van der Waals surface area contributed by atoms with E-state index in [1.807, 2.05) is 13.8 Å². The molecular formula is C27H45N3O8. The van der Waals surface area contributed by atoms with Crippen LogP contribution in [0.4, 0.5) is 4.79 Å². The second-order valence-electron chi connectivity index (χ2n) is 13.0. The molecule has 0 bridgehead atoms. The number of rotatable bonds is 8. The lowest BCUT2D eigenvalue weighted by atomic mass is 9.83. The van der Waals surface area contributed by atoms with E-state index in [2.05, 4.69) is 10.6 Å². The number of nitrogens with zero attached hydrogens (tertiary/aromatic N) is 1. The van der Waals surface area contributed by atoms with Gasteiger partial charge in [-0.05, 0) is 59.3 Å². The van der Waals surface area contributed by atoms with Crippen LogP contribution >= 0.6 is 0 Å². The fraction of sp³-hybridized carbons (Fsp3) is 0.815. The third-order valence-corrected chi connectivity index (χ3v) is 6.89. The minimum absolute atomic E-state index is 0.124. The number of likely N-dealkylation sites (tertiary alicyclic amines) is 1. The van der Waals surface area contributed by atoms with E-state index in [9.17, 15) is 29.1 Å². The van der Waals surface area contributed by atoms with E-state index >= 15 is 0 Å². The fourth-order valence-electron chi connectivity index (χ4n) is 5.10. The highest BCUT2D eigenvalue weighted by Crippen LogP contribution is 2.41. The molecule has 216 valence electrons. The molecule has 11 heteroatoms. The van der Waals surface area contributed by atoms with Gasteiger partial charge in [-0.2, -0.15) is 0 Å². The van der Waals surface area contributed by atoms with Crippen LogP contribution in [0.3, 0.4) is 0 Å². The molecule has 0 aromatic rings. The van der Waals surface area contributed by atoms with Crippen molar-refractivity contribution in [2.45, 2.75) is 123 Å². The Morgan fingerprint density at radius 1 is 1.08 bits per heavy atom. The van der Waals surface area contributed by atoms with Crippen LogP contribution in [-0.4, -0.2) is 81.6 Å². The molecule has 0 aromatic heterocycles. The van der Waals surface area contributed by atoms with E-state index in [1.54, 1.807) is 48.5 Å². The van der Waals surface area contributed by atoms with Crippen molar-refractivity contribution < 1.29 is 38.6 Å². The molecule has 2 aliphatic rings. The first kappa shape index (κ1) is 31.5. The van der Waals surface area contributed by atoms with E-state index < -0.39 is 70.5 Å². The molecule has 38 heavy (non-hydrogen) atoms. The van der Waals surface area contributed by atoms with Crippen molar-refractivity contribution in [2.75, 3.05) is 6.54 Å². The second kappa shape index (κ2) is 11.6. The van der Waals surface area contributed by atoms with Crippen LogP contribution in [0.5, 0.6) is 0 Å². The molecule has 0 saturated carbocycles. The van der Waals surface area contributed by atoms with E-state index in [0.29, 0.717) is 19.3 Å². The van der Waals surface area contributed by atoms with Gasteiger partial charge >= 0.3 is 12.1 Å². The predicted octanol–water partition coefficient (Wildman–Crippen LogP) is 2.65. The lowest BCUT2D eigenvalue weighted by Gasteiger charge is -2.39. The Labute approximate surface area is 225 Å². The van der Waals surface area contributed by atoms with Crippen molar-refractivity contribution in [3.8, 4) is 0 Å². The van der Waals surface area contributed by atoms with Crippen LogP contribution < -0.4 is 10.6 Å². The molecule has 0 radical (unpaired) electrons. The van der Waals surface area contributed by atoms with Crippen molar-refractivity contribution in [2.24, 2.45) is 11.3 Å². The van der Waals surface area contributed by atoms with E-state index in [0.717, 1.165) is 0 Å². The lowest BCUT2D eigenvalue weighted by molar-refractivity contribution is -0.151. The number of hydrogen-bond donors (Lipinski definition) is 3. The van der Waals surface area contributed by atoms with Crippen molar-refractivity contribution >= 4 is 29.7 Å². The van der Waals surface area contributed by atoms with Gasteiger partial charge in [0.2, 0.25) is 11.8 Å². The maximum Gasteiger partial charge on any atom is 0.408 e. The normalized spacial score (nSPS) is 24.6. The molecule has 2 fully saturated rings. The number of aliphatic carboxylic acids is 1. The summed E-state index contributed by atoms with van der Waals surface area (Å²) in [5.41, 5.74) is -1.94. The average molecular weight is 540 g/mol. The molecule has 2 rings (SSSR count). The van der Waals surface area contributed by atoms with Crippen LogP contribution in [0.2, 0.25) is 0 Å². The third-order valence-electron chi connectivity index (χ3n) is 6.89. The maximum atomic E-state index is 14.0. The summed E-state index contributed by atoms with van der Waals surface area (Å²) in [5, 5.41) is 14.5. The van der Waals surface area contributed by atoms with Gasteiger partial charge in [-0.1, -0.05) is 34.1 Å². The summed E-state index contributed by atoms with van der Waals surface area (Å²) in [5.74, 6) is -4.16. The minimum atomic E-state index is -1.63. The molecule has 5 unspecified atom stereocenters. The van der Waals surface area contributed by atoms with Crippen LogP contribution in [0, 0.1) is 11.3 Å². The zero-order chi connectivity index (χ0) is 29.2. The first-order valence-electron chi connectivity index (χ1n) is 13.3. The highest BCUT2D eigenvalue weighted by atomic mass is 16.6. The molecule has 5 atom stereocenters. The molecule has 2 aliphatic heterocycles. The topological polar surface area (TPSA) is 151 Å². The monoisotopic (exact) mass is 539 g/mol. The third kappa shape index (κ3) is 7.91. The molecule has 0 aromatic carbocycles. The Hall–Kier alpha value is -2.69. The van der Waals surface area contributed by atoms with Crippen molar-refractivity contribution in [1.82, 2.24) is 15.5 Å². The molecule has 2 heterocycles. The molecule has 3 N–H and O–H groups in total.